The number of anilines is 2. The Labute approximate surface area is 167 Å². The molecule has 9 nitrogen and oxygen atoms in total. The number of pyridine rings is 1. The van der Waals surface area contributed by atoms with Crippen LogP contribution in [0.15, 0.2) is 18.3 Å². The molecule has 3 aromatic rings. The molecule has 3 N–H and O–H groups in total. The first kappa shape index (κ1) is 20.0. The maximum absolute atomic E-state index is 11.7. The van der Waals surface area contributed by atoms with E-state index in [1.165, 1.54) is 6.92 Å². The van der Waals surface area contributed by atoms with Gasteiger partial charge in [0.05, 0.1) is 6.04 Å². The number of rotatable bonds is 8. The second kappa shape index (κ2) is 8.94. The van der Waals surface area contributed by atoms with Gasteiger partial charge in [0.1, 0.15) is 22.5 Å². The number of aromatic nitrogens is 5. The van der Waals surface area contributed by atoms with E-state index in [-0.39, 0.29) is 17.2 Å². The average molecular weight is 404 g/mol. The zero-order chi connectivity index (χ0) is 20.1. The van der Waals surface area contributed by atoms with Crippen LogP contribution in [0.1, 0.15) is 37.6 Å². The molecule has 0 radical (unpaired) electrons. The maximum atomic E-state index is 11.7. The Kier molecular flexibility index (Phi) is 6.37. The SMILES string of the molecule is CCOCCC(NC(C)=O)c1n[nH]c2c(Nc3cc(C)ccn3)nc(Cl)nc12. The molecule has 28 heavy (non-hydrogen) atoms. The van der Waals surface area contributed by atoms with E-state index in [2.05, 4.69) is 35.8 Å². The van der Waals surface area contributed by atoms with Crippen molar-refractivity contribution in [3.63, 3.8) is 0 Å². The van der Waals surface area contributed by atoms with Gasteiger partial charge in [-0.2, -0.15) is 10.1 Å². The van der Waals surface area contributed by atoms with Gasteiger partial charge in [0.25, 0.3) is 0 Å². The molecule has 0 fully saturated rings. The van der Waals surface area contributed by atoms with E-state index in [0.29, 0.717) is 48.0 Å². The molecule has 0 aromatic carbocycles. The first-order valence-corrected chi connectivity index (χ1v) is 9.31. The number of amides is 1. The molecule has 3 heterocycles. The zero-order valence-corrected chi connectivity index (χ0v) is 16.7. The Hall–Kier alpha value is -2.78. The van der Waals surface area contributed by atoms with Crippen LogP contribution in [0.25, 0.3) is 11.0 Å². The topological polar surface area (TPSA) is 118 Å². The summed E-state index contributed by atoms with van der Waals surface area (Å²) >= 11 is 6.15. The molecule has 0 saturated heterocycles. The average Bonchev–Trinajstić information content (AvgIpc) is 3.04. The van der Waals surface area contributed by atoms with Crippen LogP contribution in [0, 0.1) is 6.92 Å². The molecular formula is C18H22ClN7O2. The van der Waals surface area contributed by atoms with Crippen LogP contribution in [0.3, 0.4) is 0 Å². The van der Waals surface area contributed by atoms with Crippen molar-refractivity contribution in [2.24, 2.45) is 0 Å². The van der Waals surface area contributed by atoms with Crippen LogP contribution < -0.4 is 10.6 Å². The van der Waals surface area contributed by atoms with E-state index >= 15 is 0 Å². The second-order valence-electron chi connectivity index (χ2n) is 6.26. The van der Waals surface area contributed by atoms with Crippen molar-refractivity contribution in [3.05, 3.63) is 34.9 Å². The summed E-state index contributed by atoms with van der Waals surface area (Å²) in [6.45, 7) is 6.43. The minimum atomic E-state index is -0.367. The Morgan fingerprint density at radius 2 is 2.21 bits per heavy atom. The predicted molar refractivity (Wildman–Crippen MR) is 107 cm³/mol. The van der Waals surface area contributed by atoms with E-state index in [4.69, 9.17) is 16.3 Å². The smallest absolute Gasteiger partial charge is 0.225 e. The number of H-pyrrole nitrogens is 1. The van der Waals surface area contributed by atoms with Gasteiger partial charge in [-0.05, 0) is 49.6 Å². The molecule has 3 aromatic heterocycles. The van der Waals surface area contributed by atoms with E-state index in [0.717, 1.165) is 5.56 Å². The maximum Gasteiger partial charge on any atom is 0.225 e. The number of fused-ring (bicyclic) bond motifs is 1. The fourth-order valence-electron chi connectivity index (χ4n) is 2.82. The first-order chi connectivity index (χ1) is 13.5. The third kappa shape index (κ3) is 4.73. The van der Waals surface area contributed by atoms with Gasteiger partial charge in [-0.15, -0.1) is 0 Å². The number of hydrogen-bond donors (Lipinski definition) is 3. The lowest BCUT2D eigenvalue weighted by Gasteiger charge is -2.16. The molecule has 1 amide bonds. The molecule has 1 atom stereocenters. The van der Waals surface area contributed by atoms with Gasteiger partial charge in [0.2, 0.25) is 11.2 Å². The van der Waals surface area contributed by atoms with Crippen molar-refractivity contribution in [2.75, 3.05) is 18.5 Å². The number of nitrogens with zero attached hydrogens (tertiary/aromatic N) is 4. The van der Waals surface area contributed by atoms with Crippen LogP contribution in [0.5, 0.6) is 0 Å². The molecule has 0 saturated carbocycles. The molecule has 1 unspecified atom stereocenters. The van der Waals surface area contributed by atoms with E-state index < -0.39 is 0 Å². The summed E-state index contributed by atoms with van der Waals surface area (Å²) in [7, 11) is 0. The van der Waals surface area contributed by atoms with Gasteiger partial charge in [-0.25, -0.2) is 9.97 Å². The summed E-state index contributed by atoms with van der Waals surface area (Å²) in [5.74, 6) is 0.917. The number of halogens is 1. The first-order valence-electron chi connectivity index (χ1n) is 8.94. The lowest BCUT2D eigenvalue weighted by molar-refractivity contribution is -0.119. The summed E-state index contributed by atoms with van der Waals surface area (Å²) in [4.78, 5) is 24.5. The molecule has 0 aliphatic carbocycles. The van der Waals surface area contributed by atoms with Gasteiger partial charge in [0.15, 0.2) is 5.82 Å². The lowest BCUT2D eigenvalue weighted by Crippen LogP contribution is -2.27. The predicted octanol–water partition coefficient (Wildman–Crippen LogP) is 3.06. The molecule has 148 valence electrons. The zero-order valence-electron chi connectivity index (χ0n) is 15.9. The van der Waals surface area contributed by atoms with Gasteiger partial charge in [-0.1, -0.05) is 0 Å². The third-order valence-corrected chi connectivity index (χ3v) is 4.21. The normalized spacial score (nSPS) is 12.1. The van der Waals surface area contributed by atoms with Gasteiger partial charge >= 0.3 is 0 Å². The van der Waals surface area contributed by atoms with Crippen LogP contribution >= 0.6 is 11.6 Å². The van der Waals surface area contributed by atoms with Crippen molar-refractivity contribution in [1.29, 1.82) is 0 Å². The number of aryl methyl sites for hydroxylation is 1. The monoisotopic (exact) mass is 403 g/mol. The number of nitrogens with one attached hydrogen (secondary N) is 3. The van der Waals surface area contributed by atoms with E-state index in [1.807, 2.05) is 26.0 Å². The summed E-state index contributed by atoms with van der Waals surface area (Å²) < 4.78 is 5.42. The quantitative estimate of drug-likeness (QED) is 0.390. The Balaban J connectivity index is 1.98. The minimum absolute atomic E-state index is 0.0664. The molecule has 0 aliphatic heterocycles. The summed E-state index contributed by atoms with van der Waals surface area (Å²) in [6, 6.07) is 3.42. The van der Waals surface area contributed by atoms with Crippen LogP contribution in [0.2, 0.25) is 5.28 Å². The van der Waals surface area contributed by atoms with E-state index in [1.54, 1.807) is 6.20 Å². The van der Waals surface area contributed by atoms with Gasteiger partial charge in [-0.3, -0.25) is 9.89 Å². The molecule has 0 bridgehead atoms. The number of carbonyl (C=O) groups is 1. The minimum Gasteiger partial charge on any atom is -0.382 e. The fourth-order valence-corrected chi connectivity index (χ4v) is 2.99. The van der Waals surface area contributed by atoms with Crippen molar-refractivity contribution in [3.8, 4) is 0 Å². The molecular weight excluding hydrogens is 382 g/mol. The summed E-state index contributed by atoms with van der Waals surface area (Å²) in [6.07, 6.45) is 2.26. The van der Waals surface area contributed by atoms with Crippen molar-refractivity contribution in [2.45, 2.75) is 33.2 Å². The van der Waals surface area contributed by atoms with Gasteiger partial charge < -0.3 is 15.4 Å². The Morgan fingerprint density at radius 1 is 1.39 bits per heavy atom. The van der Waals surface area contributed by atoms with Crippen LogP contribution in [-0.2, 0) is 9.53 Å². The van der Waals surface area contributed by atoms with Crippen LogP contribution in [0.4, 0.5) is 11.6 Å². The van der Waals surface area contributed by atoms with Crippen molar-refractivity contribution >= 4 is 40.2 Å². The summed E-state index contributed by atoms with van der Waals surface area (Å²) in [5, 5.41) is 13.4. The lowest BCUT2D eigenvalue weighted by atomic mass is 10.1. The van der Waals surface area contributed by atoms with Crippen LogP contribution in [-0.4, -0.2) is 44.3 Å². The highest BCUT2D eigenvalue weighted by Gasteiger charge is 2.22. The van der Waals surface area contributed by atoms with E-state index in [9.17, 15) is 4.79 Å². The Bertz CT molecular complexity index is 976. The molecule has 0 aliphatic rings. The number of hydrogen-bond acceptors (Lipinski definition) is 7. The number of aromatic amines is 1. The fraction of sp³-hybridized carbons (Fsp3) is 0.389. The Morgan fingerprint density at radius 3 is 2.93 bits per heavy atom. The van der Waals surface area contributed by atoms with Gasteiger partial charge in [0, 0.05) is 26.3 Å². The molecule has 10 heteroatoms. The van der Waals surface area contributed by atoms with Crippen molar-refractivity contribution < 1.29 is 9.53 Å². The van der Waals surface area contributed by atoms with Crippen molar-refractivity contribution in [1.82, 2.24) is 30.5 Å². The standard InChI is InChI=1S/C18H22ClN7O2/c1-4-28-8-6-12(21-11(3)27)14-15-16(26-25-14)17(24-18(19)23-15)22-13-9-10(2)5-7-20-13/h5,7,9,12H,4,6,8H2,1-3H3,(H,21,27)(H,25,26)(H,20,22,23,24). The highest BCUT2D eigenvalue weighted by Crippen LogP contribution is 2.29. The molecule has 0 spiro atoms. The number of ether oxygens (including phenoxy) is 1. The third-order valence-electron chi connectivity index (χ3n) is 4.04. The second-order valence-corrected chi connectivity index (χ2v) is 6.59. The molecule has 3 rings (SSSR count). The number of carbonyl (C=O) groups excluding carboxylic acids is 1. The largest absolute Gasteiger partial charge is 0.382 e. The summed E-state index contributed by atoms with van der Waals surface area (Å²) in [5.41, 5.74) is 2.75. The highest BCUT2D eigenvalue weighted by molar-refractivity contribution is 6.28. The highest BCUT2D eigenvalue weighted by atomic mass is 35.5.